The van der Waals surface area contributed by atoms with Crippen LogP contribution in [0.25, 0.3) is 0 Å². The Kier molecular flexibility index (Phi) is 11.6. The molecule has 0 fully saturated rings. The summed E-state index contributed by atoms with van der Waals surface area (Å²) in [5, 5.41) is 0. The van der Waals surface area contributed by atoms with Gasteiger partial charge in [0.05, 0.1) is 12.5 Å². The molecule has 0 rings (SSSR count). The third-order valence-electron chi connectivity index (χ3n) is 3.18. The van der Waals surface area contributed by atoms with Crippen molar-refractivity contribution in [3.8, 4) is 0 Å². The predicted molar refractivity (Wildman–Crippen MR) is 73.0 cm³/mol. The monoisotopic (exact) mass is 242 g/mol. The molecule has 1 atom stereocenters. The molecule has 0 spiro atoms. The maximum Gasteiger partial charge on any atom is 0.308 e. The first kappa shape index (κ1) is 16.5. The number of carbonyl (C=O) groups is 1. The van der Waals surface area contributed by atoms with Crippen molar-refractivity contribution >= 4 is 5.97 Å². The first-order valence-corrected chi connectivity index (χ1v) is 7.42. The summed E-state index contributed by atoms with van der Waals surface area (Å²) in [6, 6.07) is 0. The molecule has 0 aliphatic carbocycles. The van der Waals surface area contributed by atoms with Gasteiger partial charge in [0.25, 0.3) is 0 Å². The highest BCUT2D eigenvalue weighted by Gasteiger charge is 2.18. The van der Waals surface area contributed by atoms with E-state index in [9.17, 15) is 4.79 Å². The first-order valence-electron chi connectivity index (χ1n) is 7.42. The fraction of sp³-hybridized carbons (Fsp3) is 0.933. The molecule has 17 heavy (non-hydrogen) atoms. The largest absolute Gasteiger partial charge is 0.466 e. The summed E-state index contributed by atoms with van der Waals surface area (Å²) in [7, 11) is 0. The van der Waals surface area contributed by atoms with Gasteiger partial charge in [0.1, 0.15) is 0 Å². The zero-order valence-corrected chi connectivity index (χ0v) is 12.0. The summed E-state index contributed by atoms with van der Waals surface area (Å²) in [4.78, 5) is 11.8. The molecule has 2 heteroatoms. The number of unbranched alkanes of at least 4 members (excludes halogenated alkanes) is 5. The maximum atomic E-state index is 11.8. The quantitative estimate of drug-likeness (QED) is 0.387. The highest BCUT2D eigenvalue weighted by Crippen LogP contribution is 2.19. The standard InChI is InChI=1S/C15H30O2/c1-4-7-9-11-13-14(12-10-8-5-2)15(16)17-6-3/h14H,4-13H2,1-3H3. The summed E-state index contributed by atoms with van der Waals surface area (Å²) < 4.78 is 5.15. The minimum absolute atomic E-state index is 0.0279. The van der Waals surface area contributed by atoms with Crippen LogP contribution in [0.2, 0.25) is 0 Å². The molecule has 0 aromatic rings. The normalized spacial score (nSPS) is 12.4. The smallest absolute Gasteiger partial charge is 0.308 e. The molecular weight excluding hydrogens is 212 g/mol. The second-order valence-corrected chi connectivity index (χ2v) is 4.79. The van der Waals surface area contributed by atoms with Gasteiger partial charge in [-0.15, -0.1) is 0 Å². The van der Waals surface area contributed by atoms with Crippen LogP contribution in [-0.2, 0) is 9.53 Å². The topological polar surface area (TPSA) is 26.3 Å². The van der Waals surface area contributed by atoms with Crippen LogP contribution in [0.15, 0.2) is 0 Å². The van der Waals surface area contributed by atoms with Crippen molar-refractivity contribution in [2.75, 3.05) is 6.61 Å². The zero-order valence-electron chi connectivity index (χ0n) is 12.0. The van der Waals surface area contributed by atoms with Gasteiger partial charge in [-0.25, -0.2) is 0 Å². The molecule has 0 radical (unpaired) electrons. The number of ether oxygens (including phenoxy) is 1. The molecule has 0 aliphatic heterocycles. The molecule has 0 heterocycles. The lowest BCUT2D eigenvalue weighted by Crippen LogP contribution is -2.18. The summed E-state index contributed by atoms with van der Waals surface area (Å²) in [6.45, 7) is 6.81. The van der Waals surface area contributed by atoms with Crippen LogP contribution in [0.4, 0.5) is 0 Å². The van der Waals surface area contributed by atoms with Gasteiger partial charge in [0.2, 0.25) is 0 Å². The Balaban J connectivity index is 3.87. The SMILES string of the molecule is CCCCCCC(CCCCC)C(=O)OCC. The van der Waals surface area contributed by atoms with E-state index in [0.29, 0.717) is 6.61 Å². The molecule has 2 nitrogen and oxygen atoms in total. The van der Waals surface area contributed by atoms with E-state index in [1.165, 1.54) is 38.5 Å². The molecule has 0 saturated carbocycles. The van der Waals surface area contributed by atoms with Crippen LogP contribution >= 0.6 is 0 Å². The van der Waals surface area contributed by atoms with Crippen molar-refractivity contribution in [1.82, 2.24) is 0 Å². The van der Waals surface area contributed by atoms with Gasteiger partial charge in [-0.1, -0.05) is 58.8 Å². The lowest BCUT2D eigenvalue weighted by Gasteiger charge is -2.15. The molecule has 0 aromatic heterocycles. The van der Waals surface area contributed by atoms with Crippen LogP contribution in [0.1, 0.15) is 78.6 Å². The van der Waals surface area contributed by atoms with E-state index < -0.39 is 0 Å². The molecule has 0 bridgehead atoms. The average Bonchev–Trinajstić information content (AvgIpc) is 2.32. The van der Waals surface area contributed by atoms with E-state index in [-0.39, 0.29) is 11.9 Å². The van der Waals surface area contributed by atoms with Crippen LogP contribution in [0.5, 0.6) is 0 Å². The van der Waals surface area contributed by atoms with Crippen molar-refractivity contribution in [3.05, 3.63) is 0 Å². The molecule has 0 N–H and O–H groups in total. The summed E-state index contributed by atoms with van der Waals surface area (Å²) in [6.07, 6.45) is 10.6. The number of rotatable bonds is 11. The Morgan fingerprint density at radius 2 is 1.41 bits per heavy atom. The van der Waals surface area contributed by atoms with Gasteiger partial charge in [-0.05, 0) is 19.8 Å². The number of hydrogen-bond acceptors (Lipinski definition) is 2. The van der Waals surface area contributed by atoms with Crippen LogP contribution < -0.4 is 0 Å². The number of carbonyl (C=O) groups excluding carboxylic acids is 1. The van der Waals surface area contributed by atoms with E-state index in [0.717, 1.165) is 19.3 Å². The molecular formula is C15H30O2. The Morgan fingerprint density at radius 3 is 1.94 bits per heavy atom. The van der Waals surface area contributed by atoms with E-state index in [1.807, 2.05) is 6.92 Å². The van der Waals surface area contributed by atoms with E-state index in [4.69, 9.17) is 4.74 Å². The van der Waals surface area contributed by atoms with Gasteiger partial charge in [0.15, 0.2) is 0 Å². The zero-order chi connectivity index (χ0) is 12.9. The van der Waals surface area contributed by atoms with Gasteiger partial charge >= 0.3 is 5.97 Å². The summed E-state index contributed by atoms with van der Waals surface area (Å²) >= 11 is 0. The van der Waals surface area contributed by atoms with Gasteiger partial charge < -0.3 is 4.74 Å². The minimum Gasteiger partial charge on any atom is -0.466 e. The van der Waals surface area contributed by atoms with E-state index >= 15 is 0 Å². The number of hydrogen-bond donors (Lipinski definition) is 0. The number of esters is 1. The minimum atomic E-state index is 0.0279. The Hall–Kier alpha value is -0.530. The molecule has 1 unspecified atom stereocenters. The summed E-state index contributed by atoms with van der Waals surface area (Å²) in [5.41, 5.74) is 0. The third kappa shape index (κ3) is 9.20. The Labute approximate surface area is 107 Å². The molecule has 0 aliphatic rings. The predicted octanol–water partition coefficient (Wildman–Crippen LogP) is 4.72. The van der Waals surface area contributed by atoms with Crippen molar-refractivity contribution in [2.24, 2.45) is 5.92 Å². The average molecular weight is 242 g/mol. The molecule has 0 amide bonds. The highest BCUT2D eigenvalue weighted by atomic mass is 16.5. The lowest BCUT2D eigenvalue weighted by molar-refractivity contribution is -0.148. The second kappa shape index (κ2) is 11.9. The highest BCUT2D eigenvalue weighted by molar-refractivity contribution is 5.72. The second-order valence-electron chi connectivity index (χ2n) is 4.79. The van der Waals surface area contributed by atoms with Crippen molar-refractivity contribution < 1.29 is 9.53 Å². The first-order chi connectivity index (χ1) is 8.26. The van der Waals surface area contributed by atoms with Crippen molar-refractivity contribution in [1.29, 1.82) is 0 Å². The van der Waals surface area contributed by atoms with Crippen LogP contribution in [0, 0.1) is 5.92 Å². The van der Waals surface area contributed by atoms with Crippen molar-refractivity contribution in [3.63, 3.8) is 0 Å². The van der Waals surface area contributed by atoms with Crippen molar-refractivity contribution in [2.45, 2.75) is 78.6 Å². The lowest BCUT2D eigenvalue weighted by atomic mass is 9.95. The van der Waals surface area contributed by atoms with Crippen LogP contribution in [-0.4, -0.2) is 12.6 Å². The fourth-order valence-corrected chi connectivity index (χ4v) is 2.10. The third-order valence-corrected chi connectivity index (χ3v) is 3.18. The van der Waals surface area contributed by atoms with E-state index in [1.54, 1.807) is 0 Å². The Morgan fingerprint density at radius 1 is 0.882 bits per heavy atom. The van der Waals surface area contributed by atoms with E-state index in [2.05, 4.69) is 13.8 Å². The van der Waals surface area contributed by atoms with Gasteiger partial charge in [-0.3, -0.25) is 4.79 Å². The Bertz CT molecular complexity index is 178. The fourth-order valence-electron chi connectivity index (χ4n) is 2.10. The maximum absolute atomic E-state index is 11.8. The van der Waals surface area contributed by atoms with Gasteiger partial charge in [0, 0.05) is 0 Å². The van der Waals surface area contributed by atoms with Crippen LogP contribution in [0.3, 0.4) is 0 Å². The molecule has 102 valence electrons. The van der Waals surface area contributed by atoms with Gasteiger partial charge in [-0.2, -0.15) is 0 Å². The summed E-state index contributed by atoms with van der Waals surface area (Å²) in [5.74, 6) is 0.179. The molecule has 0 saturated heterocycles. The molecule has 0 aromatic carbocycles.